The van der Waals surface area contributed by atoms with Crippen LogP contribution >= 0.6 is 0 Å². The van der Waals surface area contributed by atoms with Gasteiger partial charge in [0.25, 0.3) is 0 Å². The van der Waals surface area contributed by atoms with Gasteiger partial charge >= 0.3 is 5.82 Å². The van der Waals surface area contributed by atoms with Gasteiger partial charge in [-0.1, -0.05) is 0 Å². The van der Waals surface area contributed by atoms with E-state index in [1.165, 1.54) is 6.07 Å². The molecule has 1 aliphatic heterocycles. The first-order valence-electron chi connectivity index (χ1n) is 4.82. The zero-order chi connectivity index (χ0) is 12.5. The Morgan fingerprint density at radius 3 is 2.59 bits per heavy atom. The Bertz CT molecular complexity index is 523. The third kappa shape index (κ3) is 2.57. The summed E-state index contributed by atoms with van der Waals surface area (Å²) in [7, 11) is -3.64. The molecule has 2 N–H and O–H groups in total. The largest absolute Gasteiger partial charge is 0.363 e. The number of nitrogens with one attached hydrogen (secondary N) is 2. The van der Waals surface area contributed by atoms with Crippen LogP contribution in [0.15, 0.2) is 23.2 Å². The highest BCUT2D eigenvalue weighted by Gasteiger charge is 2.25. The first-order valence-corrected chi connectivity index (χ1v) is 6.31. The summed E-state index contributed by atoms with van der Waals surface area (Å²) in [5.41, 5.74) is 0. The van der Waals surface area contributed by atoms with Gasteiger partial charge in [0.1, 0.15) is 4.90 Å². The average Bonchev–Trinajstić information content (AvgIpc) is 2.24. The highest BCUT2D eigenvalue weighted by atomic mass is 32.2. The lowest BCUT2D eigenvalue weighted by molar-refractivity contribution is -0.389. The minimum atomic E-state index is -3.64. The Kier molecular flexibility index (Phi) is 3.05. The van der Waals surface area contributed by atoms with E-state index >= 15 is 0 Å². The predicted octanol–water partition coefficient (Wildman–Crippen LogP) is -0.760. The molecule has 0 bridgehead atoms. The van der Waals surface area contributed by atoms with Crippen LogP contribution in [0.5, 0.6) is 0 Å². The van der Waals surface area contributed by atoms with E-state index in [2.05, 4.69) is 15.0 Å². The number of hydrogen-bond donors (Lipinski definition) is 2. The molecule has 0 atom stereocenters. The van der Waals surface area contributed by atoms with E-state index in [1.54, 1.807) is 0 Å². The number of rotatable bonds is 4. The van der Waals surface area contributed by atoms with E-state index in [1.807, 2.05) is 0 Å². The van der Waals surface area contributed by atoms with E-state index in [0.29, 0.717) is 13.1 Å². The molecule has 0 unspecified atom stereocenters. The van der Waals surface area contributed by atoms with Crippen molar-refractivity contribution in [3.8, 4) is 0 Å². The summed E-state index contributed by atoms with van der Waals surface area (Å²) in [5.74, 6) is -0.380. The van der Waals surface area contributed by atoms with Gasteiger partial charge in [0.15, 0.2) is 6.20 Å². The minimum absolute atomic E-state index is 0.0741. The maximum atomic E-state index is 11.8. The predicted molar refractivity (Wildman–Crippen MR) is 57.9 cm³/mol. The van der Waals surface area contributed by atoms with E-state index in [-0.39, 0.29) is 16.8 Å². The Balaban J connectivity index is 2.17. The fourth-order valence-corrected chi connectivity index (χ4v) is 2.48. The first-order chi connectivity index (χ1) is 7.99. The molecule has 17 heavy (non-hydrogen) atoms. The molecule has 0 aromatic carbocycles. The molecule has 1 saturated heterocycles. The van der Waals surface area contributed by atoms with Gasteiger partial charge in [-0.05, 0) is 16.0 Å². The monoisotopic (exact) mass is 258 g/mol. The third-order valence-electron chi connectivity index (χ3n) is 2.32. The van der Waals surface area contributed by atoms with Crippen molar-refractivity contribution >= 4 is 15.8 Å². The molecule has 0 radical (unpaired) electrons. The summed E-state index contributed by atoms with van der Waals surface area (Å²) in [6.07, 6.45) is 0.979. The molecular formula is C8H10N4O4S. The number of aromatic nitrogens is 1. The molecule has 1 aliphatic rings. The summed E-state index contributed by atoms with van der Waals surface area (Å²) in [4.78, 5) is 13.1. The number of nitrogens with zero attached hydrogens (tertiary/aromatic N) is 2. The van der Waals surface area contributed by atoms with E-state index in [4.69, 9.17) is 0 Å². The molecule has 0 aliphatic carbocycles. The van der Waals surface area contributed by atoms with Crippen LogP contribution in [0.25, 0.3) is 0 Å². The fraction of sp³-hybridized carbons (Fsp3) is 0.375. The number of pyridine rings is 1. The second kappa shape index (κ2) is 4.35. The van der Waals surface area contributed by atoms with E-state index in [9.17, 15) is 18.5 Å². The SMILES string of the molecule is O=[N+]([O-])c1ccc(S(=O)(=O)NC2CNC2)cn1. The van der Waals surface area contributed by atoms with Crippen LogP contribution in [-0.4, -0.2) is 37.5 Å². The van der Waals surface area contributed by atoms with E-state index < -0.39 is 14.9 Å². The van der Waals surface area contributed by atoms with Crippen molar-refractivity contribution in [1.29, 1.82) is 0 Å². The quantitative estimate of drug-likeness (QED) is 0.542. The summed E-state index contributed by atoms with van der Waals surface area (Å²) in [6, 6.07) is 2.10. The molecular weight excluding hydrogens is 248 g/mol. The lowest BCUT2D eigenvalue weighted by atomic mass is 10.2. The van der Waals surface area contributed by atoms with Crippen molar-refractivity contribution in [1.82, 2.24) is 15.0 Å². The van der Waals surface area contributed by atoms with Gasteiger partial charge in [0.05, 0.1) is 0 Å². The molecule has 9 heteroatoms. The van der Waals surface area contributed by atoms with Gasteiger partial charge in [0, 0.05) is 25.2 Å². The topological polar surface area (TPSA) is 114 Å². The molecule has 2 heterocycles. The van der Waals surface area contributed by atoms with Crippen LogP contribution in [-0.2, 0) is 10.0 Å². The smallest absolute Gasteiger partial charge is 0.358 e. The molecule has 1 aromatic rings. The Morgan fingerprint density at radius 1 is 1.47 bits per heavy atom. The van der Waals surface area contributed by atoms with Crippen molar-refractivity contribution in [3.63, 3.8) is 0 Å². The summed E-state index contributed by atoms with van der Waals surface area (Å²) in [6.45, 7) is 1.17. The average molecular weight is 258 g/mol. The van der Waals surface area contributed by atoms with Crippen LogP contribution in [0, 0.1) is 10.1 Å². The van der Waals surface area contributed by atoms with Gasteiger partial charge in [-0.25, -0.2) is 13.1 Å². The van der Waals surface area contributed by atoms with Crippen molar-refractivity contribution in [3.05, 3.63) is 28.4 Å². The van der Waals surface area contributed by atoms with Gasteiger partial charge < -0.3 is 15.4 Å². The maximum absolute atomic E-state index is 11.8. The number of sulfonamides is 1. The second-order valence-electron chi connectivity index (χ2n) is 3.59. The summed E-state index contributed by atoms with van der Waals surface area (Å²) in [5, 5.41) is 13.3. The van der Waals surface area contributed by atoms with Crippen LogP contribution in [0.1, 0.15) is 0 Å². The third-order valence-corrected chi connectivity index (χ3v) is 3.83. The van der Waals surface area contributed by atoms with Gasteiger partial charge in [-0.3, -0.25) is 0 Å². The second-order valence-corrected chi connectivity index (χ2v) is 5.30. The number of nitro groups is 1. The molecule has 92 valence electrons. The molecule has 1 aromatic heterocycles. The highest BCUT2D eigenvalue weighted by molar-refractivity contribution is 7.89. The molecule has 8 nitrogen and oxygen atoms in total. The molecule has 0 amide bonds. The van der Waals surface area contributed by atoms with Crippen molar-refractivity contribution in [2.24, 2.45) is 0 Å². The van der Waals surface area contributed by atoms with Gasteiger partial charge in [-0.15, -0.1) is 0 Å². The minimum Gasteiger partial charge on any atom is -0.358 e. The highest BCUT2D eigenvalue weighted by Crippen LogP contribution is 2.12. The lowest BCUT2D eigenvalue weighted by Gasteiger charge is -2.27. The van der Waals surface area contributed by atoms with Crippen LogP contribution in [0.3, 0.4) is 0 Å². The molecule has 1 fully saturated rings. The molecule has 0 saturated carbocycles. The maximum Gasteiger partial charge on any atom is 0.363 e. The van der Waals surface area contributed by atoms with Gasteiger partial charge in [-0.2, -0.15) is 0 Å². The Hall–Kier alpha value is -1.58. The fourth-order valence-electron chi connectivity index (χ4n) is 1.30. The molecule has 0 spiro atoms. The van der Waals surface area contributed by atoms with Crippen LogP contribution < -0.4 is 10.0 Å². The van der Waals surface area contributed by atoms with Crippen molar-refractivity contribution in [2.75, 3.05) is 13.1 Å². The van der Waals surface area contributed by atoms with Crippen molar-refractivity contribution < 1.29 is 13.3 Å². The summed E-state index contributed by atoms with van der Waals surface area (Å²) < 4.78 is 26.0. The first kappa shape index (κ1) is 11.9. The number of hydrogen-bond acceptors (Lipinski definition) is 6. The van der Waals surface area contributed by atoms with Crippen LogP contribution in [0.4, 0.5) is 5.82 Å². The molecule has 2 rings (SSSR count). The Morgan fingerprint density at radius 2 is 2.18 bits per heavy atom. The zero-order valence-electron chi connectivity index (χ0n) is 8.66. The normalized spacial score (nSPS) is 16.5. The Labute approximate surface area is 97.3 Å². The standard InChI is InChI=1S/C8H10N4O4S/c13-12(14)8-2-1-7(5-10-8)17(15,16)11-6-3-9-4-6/h1-2,5-6,9,11H,3-4H2. The van der Waals surface area contributed by atoms with E-state index in [0.717, 1.165) is 12.3 Å². The zero-order valence-corrected chi connectivity index (χ0v) is 9.48. The van der Waals surface area contributed by atoms with Gasteiger partial charge in [0.2, 0.25) is 10.0 Å². The summed E-state index contributed by atoms with van der Waals surface area (Å²) >= 11 is 0. The van der Waals surface area contributed by atoms with Crippen molar-refractivity contribution in [2.45, 2.75) is 10.9 Å². The van der Waals surface area contributed by atoms with Crippen LogP contribution in [0.2, 0.25) is 0 Å². The lowest BCUT2D eigenvalue weighted by Crippen LogP contribution is -2.56.